The third kappa shape index (κ3) is 6.98. The SMILES string of the molecule is ClC(Cl)(Cl)c1ccc([Si](O[Si](c2ccccc2)(c2ccccc2)c2ccccc2)(c2ccccc2)c2ccc(C(Cl)(Cl)Cl)cc2)cc1. The van der Waals surface area contributed by atoms with Gasteiger partial charge in [-0.05, 0) is 31.1 Å². The van der Waals surface area contributed by atoms with Gasteiger partial charge in [-0.2, -0.15) is 0 Å². The number of hydrogen-bond acceptors (Lipinski definition) is 1. The summed E-state index contributed by atoms with van der Waals surface area (Å²) in [4.78, 5) is 0. The van der Waals surface area contributed by atoms with E-state index >= 15 is 0 Å². The fourth-order valence-corrected chi connectivity index (χ4v) is 17.4. The number of hydrogen-bond donors (Lipinski definition) is 0. The van der Waals surface area contributed by atoms with E-state index in [-0.39, 0.29) is 0 Å². The lowest BCUT2D eigenvalue weighted by molar-refractivity contribution is 0.600. The quantitative estimate of drug-likeness (QED) is 0.0868. The van der Waals surface area contributed by atoms with Crippen molar-refractivity contribution in [2.24, 2.45) is 0 Å². The first kappa shape index (κ1) is 34.3. The Kier molecular flexibility index (Phi) is 10.3. The average molecular weight is 770 g/mol. The third-order valence-corrected chi connectivity index (χ3v) is 18.9. The summed E-state index contributed by atoms with van der Waals surface area (Å²) >= 11 is 38.1. The molecule has 0 unspecified atom stereocenters. The predicted molar refractivity (Wildman–Crippen MR) is 208 cm³/mol. The van der Waals surface area contributed by atoms with E-state index in [1.54, 1.807) is 0 Å². The molecular formula is C38H28Cl6OSi2. The molecule has 0 aliphatic heterocycles. The number of benzene rings is 6. The lowest BCUT2D eigenvalue weighted by atomic mass is 10.2. The minimum absolute atomic E-state index is 0.562. The summed E-state index contributed by atoms with van der Waals surface area (Å²) in [7, 11) is -6.77. The van der Waals surface area contributed by atoms with Crippen molar-refractivity contribution >= 4 is 117 Å². The Hall–Kier alpha value is -2.55. The zero-order valence-electron chi connectivity index (χ0n) is 24.8. The Morgan fingerprint density at radius 1 is 0.298 bits per heavy atom. The normalized spacial score (nSPS) is 12.6. The van der Waals surface area contributed by atoms with Crippen LogP contribution in [0.2, 0.25) is 0 Å². The van der Waals surface area contributed by atoms with Crippen LogP contribution in [0.4, 0.5) is 0 Å². The Morgan fingerprint density at radius 2 is 0.511 bits per heavy atom. The molecule has 0 heterocycles. The van der Waals surface area contributed by atoms with Crippen LogP contribution in [0.25, 0.3) is 0 Å². The molecule has 0 spiro atoms. The summed E-state index contributed by atoms with van der Waals surface area (Å²) in [6.07, 6.45) is 0. The van der Waals surface area contributed by atoms with Gasteiger partial charge >= 0.3 is 0 Å². The van der Waals surface area contributed by atoms with Crippen LogP contribution in [0.5, 0.6) is 0 Å². The maximum absolute atomic E-state index is 8.27. The highest BCUT2D eigenvalue weighted by molar-refractivity contribution is 7.18. The molecule has 0 bridgehead atoms. The summed E-state index contributed by atoms with van der Waals surface area (Å²) < 4.78 is 5.10. The van der Waals surface area contributed by atoms with Crippen molar-refractivity contribution in [2.75, 3.05) is 0 Å². The first-order valence-corrected chi connectivity index (χ1v) is 20.9. The molecule has 0 radical (unpaired) electrons. The largest absolute Gasteiger partial charge is 0.435 e. The van der Waals surface area contributed by atoms with Crippen LogP contribution in [0, 0.1) is 0 Å². The van der Waals surface area contributed by atoms with Crippen molar-refractivity contribution in [3.05, 3.63) is 181 Å². The second kappa shape index (κ2) is 14.1. The van der Waals surface area contributed by atoms with Gasteiger partial charge in [0.15, 0.2) is 0 Å². The van der Waals surface area contributed by atoms with Gasteiger partial charge in [0.1, 0.15) is 0 Å². The lowest BCUT2D eigenvalue weighted by Gasteiger charge is -2.44. The Bertz CT molecular complexity index is 1740. The van der Waals surface area contributed by atoms with Crippen molar-refractivity contribution < 1.29 is 4.12 Å². The standard InChI is InChI=1S/C38H28Cl6OSi2/c39-37(40,41)29-21-25-35(26-22-29)47(34-19-11-4-12-20-34,36-27-23-30(24-28-36)38(42,43)44)45-46(31-13-5-1-6-14-31,32-15-7-2-8-16-32)33-17-9-3-10-18-33/h1-28H. The summed E-state index contributed by atoms with van der Waals surface area (Å²) in [6, 6.07) is 57.5. The summed E-state index contributed by atoms with van der Waals surface area (Å²) in [6.45, 7) is 0. The van der Waals surface area contributed by atoms with Crippen molar-refractivity contribution in [1.82, 2.24) is 0 Å². The van der Waals surface area contributed by atoms with Crippen molar-refractivity contribution in [3.8, 4) is 0 Å². The summed E-state index contributed by atoms with van der Waals surface area (Å²) in [5.74, 6) is 0. The van der Waals surface area contributed by atoms with E-state index in [0.717, 1.165) is 31.1 Å². The van der Waals surface area contributed by atoms with Crippen LogP contribution in [0.3, 0.4) is 0 Å². The Labute approximate surface area is 307 Å². The van der Waals surface area contributed by atoms with E-state index < -0.39 is 24.2 Å². The monoisotopic (exact) mass is 766 g/mol. The molecule has 0 aromatic heterocycles. The first-order chi connectivity index (χ1) is 22.5. The van der Waals surface area contributed by atoms with E-state index in [4.69, 9.17) is 73.7 Å². The highest BCUT2D eigenvalue weighted by atomic mass is 35.6. The molecule has 0 atom stereocenters. The molecule has 0 saturated carbocycles. The van der Waals surface area contributed by atoms with Gasteiger partial charge in [-0.1, -0.05) is 239 Å². The highest BCUT2D eigenvalue weighted by Gasteiger charge is 2.53. The van der Waals surface area contributed by atoms with E-state index in [2.05, 4.69) is 84.9 Å². The average Bonchev–Trinajstić information content (AvgIpc) is 3.10. The smallest absolute Gasteiger partial charge is 0.278 e. The summed E-state index contributed by atoms with van der Waals surface area (Å²) in [5, 5.41) is 6.33. The van der Waals surface area contributed by atoms with Crippen LogP contribution in [-0.2, 0) is 11.7 Å². The molecule has 236 valence electrons. The first-order valence-electron chi connectivity index (χ1n) is 14.8. The number of alkyl halides is 6. The van der Waals surface area contributed by atoms with Gasteiger partial charge in [-0.15, -0.1) is 0 Å². The molecule has 0 fully saturated rings. The molecule has 0 N–H and O–H groups in total. The molecule has 0 saturated heterocycles. The maximum Gasteiger partial charge on any atom is 0.278 e. The van der Waals surface area contributed by atoms with E-state index in [1.165, 1.54) is 0 Å². The lowest BCUT2D eigenvalue weighted by Crippen LogP contribution is -2.81. The topological polar surface area (TPSA) is 9.23 Å². The molecule has 0 amide bonds. The molecule has 47 heavy (non-hydrogen) atoms. The third-order valence-electron chi connectivity index (χ3n) is 8.26. The zero-order valence-corrected chi connectivity index (χ0v) is 31.4. The summed E-state index contributed by atoms with van der Waals surface area (Å²) in [5.41, 5.74) is 1.12. The molecule has 9 heteroatoms. The van der Waals surface area contributed by atoms with Crippen molar-refractivity contribution in [2.45, 2.75) is 7.59 Å². The van der Waals surface area contributed by atoms with Gasteiger partial charge in [-0.25, -0.2) is 0 Å². The zero-order chi connectivity index (χ0) is 33.1. The predicted octanol–water partition coefficient (Wildman–Crippen LogP) is 7.99. The van der Waals surface area contributed by atoms with Gasteiger partial charge in [0.05, 0.1) is 0 Å². The van der Waals surface area contributed by atoms with E-state index in [1.807, 2.05) is 84.9 Å². The molecule has 6 aromatic carbocycles. The van der Waals surface area contributed by atoms with Crippen LogP contribution >= 0.6 is 69.6 Å². The number of halogens is 6. The second-order valence-corrected chi connectivity index (χ2v) is 22.6. The van der Waals surface area contributed by atoms with Crippen molar-refractivity contribution in [3.63, 3.8) is 0 Å². The highest BCUT2D eigenvalue weighted by Crippen LogP contribution is 2.39. The Morgan fingerprint density at radius 3 is 0.723 bits per heavy atom. The van der Waals surface area contributed by atoms with Gasteiger partial charge in [0.25, 0.3) is 16.6 Å². The second-order valence-electron chi connectivity index (χ2n) is 11.1. The molecule has 0 aliphatic rings. The Balaban J connectivity index is 1.75. The fourth-order valence-electron chi connectivity index (χ4n) is 6.06. The molecule has 6 rings (SSSR count). The number of rotatable bonds is 8. The molecule has 6 aromatic rings. The van der Waals surface area contributed by atoms with Gasteiger partial charge < -0.3 is 4.12 Å². The fraction of sp³-hybridized carbons (Fsp3) is 0.0526. The maximum atomic E-state index is 8.27. The molecular weight excluding hydrogens is 741 g/mol. The van der Waals surface area contributed by atoms with Crippen molar-refractivity contribution in [1.29, 1.82) is 0 Å². The van der Waals surface area contributed by atoms with Crippen LogP contribution in [0.15, 0.2) is 170 Å². The van der Waals surface area contributed by atoms with Gasteiger partial charge in [-0.3, -0.25) is 0 Å². The minimum atomic E-state index is -3.47. The molecule has 0 aliphatic carbocycles. The van der Waals surface area contributed by atoms with Crippen LogP contribution in [0.1, 0.15) is 11.1 Å². The van der Waals surface area contributed by atoms with E-state index in [9.17, 15) is 0 Å². The van der Waals surface area contributed by atoms with E-state index in [0.29, 0.717) is 11.1 Å². The molecule has 1 nitrogen and oxygen atoms in total. The van der Waals surface area contributed by atoms with Crippen LogP contribution < -0.4 is 31.1 Å². The van der Waals surface area contributed by atoms with Gasteiger partial charge in [0.2, 0.25) is 7.59 Å². The minimum Gasteiger partial charge on any atom is -0.435 e. The van der Waals surface area contributed by atoms with Gasteiger partial charge in [0, 0.05) is 11.1 Å². The van der Waals surface area contributed by atoms with Crippen LogP contribution in [-0.4, -0.2) is 16.6 Å².